The second-order valence-electron chi connectivity index (χ2n) is 3.22. The molecule has 14 heavy (non-hydrogen) atoms. The molecule has 0 fully saturated rings. The van der Waals surface area contributed by atoms with Crippen molar-refractivity contribution in [1.82, 2.24) is 4.57 Å². The van der Waals surface area contributed by atoms with Gasteiger partial charge >= 0.3 is 0 Å². The van der Waals surface area contributed by atoms with E-state index < -0.39 is 9.84 Å². The Morgan fingerprint density at radius 3 is 2.57 bits per heavy atom. The van der Waals surface area contributed by atoms with Crippen molar-refractivity contribution in [2.45, 2.75) is 26.9 Å². The first kappa shape index (κ1) is 11.2. The fourth-order valence-electron chi connectivity index (χ4n) is 1.15. The molecule has 0 N–H and O–H groups in total. The number of imidazole rings is 1. The van der Waals surface area contributed by atoms with Gasteiger partial charge in [-0.25, -0.2) is 17.6 Å². The molecule has 0 saturated carbocycles. The molecular formula is C9H17N2O2S+. The lowest BCUT2D eigenvalue weighted by molar-refractivity contribution is -0.692. The Hall–Kier alpha value is -0.840. The van der Waals surface area contributed by atoms with Gasteiger partial charge in [0.05, 0.1) is 12.3 Å². The monoisotopic (exact) mass is 217 g/mol. The minimum Gasteiger partial charge on any atom is -0.237 e. The summed E-state index contributed by atoms with van der Waals surface area (Å²) in [6, 6.07) is 0. The van der Waals surface area contributed by atoms with Crippen LogP contribution in [-0.4, -0.2) is 24.5 Å². The average molecular weight is 217 g/mol. The van der Waals surface area contributed by atoms with Gasteiger partial charge in [0, 0.05) is 5.75 Å². The van der Waals surface area contributed by atoms with Gasteiger partial charge in [-0.15, -0.1) is 0 Å². The predicted molar refractivity (Wildman–Crippen MR) is 54.6 cm³/mol. The summed E-state index contributed by atoms with van der Waals surface area (Å²) >= 11 is 0. The van der Waals surface area contributed by atoms with Gasteiger partial charge in [0.15, 0.2) is 9.84 Å². The molecule has 1 heterocycles. The van der Waals surface area contributed by atoms with Crippen LogP contribution in [0.5, 0.6) is 0 Å². The molecule has 0 unspecified atom stereocenters. The van der Waals surface area contributed by atoms with Crippen LogP contribution in [0.1, 0.15) is 13.8 Å². The van der Waals surface area contributed by atoms with Crippen LogP contribution in [0.2, 0.25) is 0 Å². The van der Waals surface area contributed by atoms with Crippen molar-refractivity contribution >= 4 is 9.84 Å². The van der Waals surface area contributed by atoms with E-state index in [2.05, 4.69) is 0 Å². The zero-order valence-corrected chi connectivity index (χ0v) is 9.50. The number of rotatable bonds is 5. The summed E-state index contributed by atoms with van der Waals surface area (Å²) < 4.78 is 26.4. The maximum absolute atomic E-state index is 11.2. The van der Waals surface area contributed by atoms with Gasteiger partial charge in [-0.1, -0.05) is 6.92 Å². The molecule has 5 heteroatoms. The number of hydrogen-bond donors (Lipinski definition) is 0. The van der Waals surface area contributed by atoms with Crippen LogP contribution < -0.4 is 4.57 Å². The summed E-state index contributed by atoms with van der Waals surface area (Å²) in [5, 5.41) is 0. The largest absolute Gasteiger partial charge is 0.243 e. The Morgan fingerprint density at radius 2 is 2.07 bits per heavy atom. The number of nitrogens with zero attached hydrogens (tertiary/aromatic N) is 2. The van der Waals surface area contributed by atoms with Crippen molar-refractivity contribution in [2.24, 2.45) is 0 Å². The Kier molecular flexibility index (Phi) is 3.69. The molecule has 0 radical (unpaired) electrons. The molecule has 1 rings (SSSR count). The second-order valence-corrected chi connectivity index (χ2v) is 5.69. The van der Waals surface area contributed by atoms with Crippen LogP contribution in [0.4, 0.5) is 0 Å². The lowest BCUT2D eigenvalue weighted by atomic mass is 10.7. The molecule has 1 aromatic heterocycles. The molecule has 1 aromatic rings. The summed E-state index contributed by atoms with van der Waals surface area (Å²) in [4.78, 5) is 0. The van der Waals surface area contributed by atoms with Crippen molar-refractivity contribution in [2.75, 3.05) is 11.5 Å². The van der Waals surface area contributed by atoms with Crippen LogP contribution in [0.25, 0.3) is 0 Å². The summed E-state index contributed by atoms with van der Waals surface area (Å²) in [6.07, 6.45) is 5.76. The third-order valence-corrected chi connectivity index (χ3v) is 3.90. The zero-order valence-electron chi connectivity index (χ0n) is 8.68. The normalized spacial score (nSPS) is 11.9. The number of hydrogen-bond acceptors (Lipinski definition) is 2. The molecule has 0 aliphatic rings. The Balaban J connectivity index is 2.54. The maximum atomic E-state index is 11.2. The first-order valence-electron chi connectivity index (χ1n) is 4.82. The van der Waals surface area contributed by atoms with E-state index in [1.807, 2.05) is 34.8 Å². The van der Waals surface area contributed by atoms with Crippen LogP contribution in [-0.2, 0) is 22.9 Å². The molecular weight excluding hydrogens is 200 g/mol. The highest BCUT2D eigenvalue weighted by Crippen LogP contribution is 1.89. The van der Waals surface area contributed by atoms with E-state index in [1.165, 1.54) is 0 Å². The minimum absolute atomic E-state index is 0.224. The minimum atomic E-state index is -2.85. The molecule has 0 spiro atoms. The maximum Gasteiger partial charge on any atom is 0.243 e. The summed E-state index contributed by atoms with van der Waals surface area (Å²) in [5.41, 5.74) is 0. The first-order chi connectivity index (χ1) is 6.57. The lowest BCUT2D eigenvalue weighted by Crippen LogP contribution is -2.35. The molecule has 4 nitrogen and oxygen atoms in total. The van der Waals surface area contributed by atoms with E-state index in [1.54, 1.807) is 6.92 Å². The summed E-state index contributed by atoms with van der Waals surface area (Å²) in [7, 11) is -2.85. The standard InChI is InChI=1S/C9H17N2O2S/c1-3-10-5-6-11(9-10)7-8-14(12,13)4-2/h5-6,9H,3-4,7-8H2,1-2H3/q+1. The number of aromatic nitrogens is 2. The summed E-state index contributed by atoms with van der Waals surface area (Å²) in [6.45, 7) is 5.18. The smallest absolute Gasteiger partial charge is 0.237 e. The van der Waals surface area contributed by atoms with Crippen LogP contribution in [0.3, 0.4) is 0 Å². The molecule has 0 bridgehead atoms. The van der Waals surface area contributed by atoms with Crippen molar-refractivity contribution in [3.63, 3.8) is 0 Å². The van der Waals surface area contributed by atoms with E-state index >= 15 is 0 Å². The van der Waals surface area contributed by atoms with Gasteiger partial charge in [-0.05, 0) is 6.92 Å². The zero-order chi connectivity index (χ0) is 10.6. The Bertz CT molecular complexity index is 381. The molecule has 80 valence electrons. The van der Waals surface area contributed by atoms with E-state index in [0.717, 1.165) is 6.54 Å². The third kappa shape index (κ3) is 3.14. The highest BCUT2D eigenvalue weighted by atomic mass is 32.2. The molecule has 0 aliphatic heterocycles. The van der Waals surface area contributed by atoms with Crippen LogP contribution in [0.15, 0.2) is 18.7 Å². The van der Waals surface area contributed by atoms with Crippen LogP contribution >= 0.6 is 0 Å². The van der Waals surface area contributed by atoms with Crippen molar-refractivity contribution in [3.8, 4) is 0 Å². The predicted octanol–water partition coefficient (Wildman–Crippen LogP) is 0.230. The van der Waals surface area contributed by atoms with Crippen molar-refractivity contribution < 1.29 is 13.0 Å². The molecule has 0 amide bonds. The molecule has 0 aliphatic carbocycles. The van der Waals surface area contributed by atoms with Gasteiger partial charge in [0.25, 0.3) is 0 Å². The van der Waals surface area contributed by atoms with E-state index in [4.69, 9.17) is 0 Å². The van der Waals surface area contributed by atoms with Crippen molar-refractivity contribution in [1.29, 1.82) is 0 Å². The number of sulfone groups is 1. The first-order valence-corrected chi connectivity index (χ1v) is 6.64. The van der Waals surface area contributed by atoms with Crippen LogP contribution in [0, 0.1) is 0 Å². The fourth-order valence-corrected chi connectivity index (χ4v) is 1.92. The number of aryl methyl sites for hydroxylation is 2. The van der Waals surface area contributed by atoms with E-state index in [9.17, 15) is 8.42 Å². The lowest BCUT2D eigenvalue weighted by Gasteiger charge is -1.97. The van der Waals surface area contributed by atoms with Gasteiger partial charge in [0.1, 0.15) is 18.9 Å². The highest BCUT2D eigenvalue weighted by molar-refractivity contribution is 7.91. The Labute approximate surface area is 85.1 Å². The van der Waals surface area contributed by atoms with Gasteiger partial charge in [-0.3, -0.25) is 0 Å². The topological polar surface area (TPSA) is 43.0 Å². The SMILES string of the molecule is CCn1cc[n+](CCS(=O)(=O)CC)c1. The fraction of sp³-hybridized carbons (Fsp3) is 0.667. The van der Waals surface area contributed by atoms with Gasteiger partial charge < -0.3 is 0 Å². The van der Waals surface area contributed by atoms with Crippen molar-refractivity contribution in [3.05, 3.63) is 18.7 Å². The van der Waals surface area contributed by atoms with E-state index in [-0.39, 0.29) is 11.5 Å². The average Bonchev–Trinajstić information content (AvgIpc) is 2.63. The summed E-state index contributed by atoms with van der Waals surface area (Å²) in [5.74, 6) is 0.448. The second kappa shape index (κ2) is 4.59. The van der Waals surface area contributed by atoms with E-state index in [0.29, 0.717) is 6.54 Å². The van der Waals surface area contributed by atoms with Gasteiger partial charge in [-0.2, -0.15) is 0 Å². The molecule has 0 atom stereocenters. The molecule has 0 aromatic carbocycles. The highest BCUT2D eigenvalue weighted by Gasteiger charge is 2.10. The molecule has 0 saturated heterocycles. The third-order valence-electron chi connectivity index (χ3n) is 2.21. The van der Waals surface area contributed by atoms with Gasteiger partial charge in [0.2, 0.25) is 6.33 Å². The Morgan fingerprint density at radius 1 is 1.36 bits per heavy atom. The quantitative estimate of drug-likeness (QED) is 0.663.